The van der Waals surface area contributed by atoms with Crippen LogP contribution < -0.4 is 5.32 Å². The number of thioether (sulfide) groups is 1. The van der Waals surface area contributed by atoms with Crippen molar-refractivity contribution < 1.29 is 9.90 Å². The standard InChI is InChI=1S/C12H19N3O2S/c1-4-13-10(11(16)17)5-6-18-12-14-8(2)7-9(3)15-12/h7,10,13H,4-6H2,1-3H3,(H,16,17). The van der Waals surface area contributed by atoms with E-state index in [1.165, 1.54) is 11.8 Å². The number of carboxylic acids is 1. The van der Waals surface area contributed by atoms with Crippen LogP contribution >= 0.6 is 11.8 Å². The van der Waals surface area contributed by atoms with Gasteiger partial charge in [0.15, 0.2) is 5.16 Å². The number of nitrogens with one attached hydrogen (secondary N) is 1. The summed E-state index contributed by atoms with van der Waals surface area (Å²) in [5.41, 5.74) is 1.87. The van der Waals surface area contributed by atoms with Gasteiger partial charge in [0.2, 0.25) is 0 Å². The molecule has 6 heteroatoms. The van der Waals surface area contributed by atoms with Gasteiger partial charge in [0.1, 0.15) is 6.04 Å². The third-order valence-corrected chi connectivity index (χ3v) is 3.23. The highest BCUT2D eigenvalue weighted by molar-refractivity contribution is 7.99. The molecule has 0 amide bonds. The van der Waals surface area contributed by atoms with Gasteiger partial charge >= 0.3 is 5.97 Å². The summed E-state index contributed by atoms with van der Waals surface area (Å²) in [6.07, 6.45) is 0.560. The Bertz CT molecular complexity index is 392. The van der Waals surface area contributed by atoms with E-state index in [1.54, 1.807) is 0 Å². The minimum absolute atomic E-state index is 0.492. The van der Waals surface area contributed by atoms with Crippen molar-refractivity contribution in [2.75, 3.05) is 12.3 Å². The molecule has 0 spiro atoms. The molecule has 5 nitrogen and oxygen atoms in total. The van der Waals surface area contributed by atoms with E-state index in [9.17, 15) is 4.79 Å². The minimum Gasteiger partial charge on any atom is -0.480 e. The SMILES string of the molecule is CCNC(CCSc1nc(C)cc(C)n1)C(=O)O. The van der Waals surface area contributed by atoms with Crippen LogP contribution in [0.4, 0.5) is 0 Å². The fourth-order valence-corrected chi connectivity index (χ4v) is 2.54. The summed E-state index contributed by atoms with van der Waals surface area (Å²) in [6, 6.07) is 1.43. The smallest absolute Gasteiger partial charge is 0.320 e. The van der Waals surface area contributed by atoms with E-state index in [0.717, 1.165) is 11.4 Å². The maximum atomic E-state index is 10.9. The molecule has 0 saturated heterocycles. The van der Waals surface area contributed by atoms with Crippen LogP contribution in [0, 0.1) is 13.8 Å². The summed E-state index contributed by atoms with van der Waals surface area (Å²) in [5, 5.41) is 12.6. The molecule has 1 rings (SSSR count). The second kappa shape index (κ2) is 7.33. The summed E-state index contributed by atoms with van der Waals surface area (Å²) in [4.78, 5) is 19.5. The maximum Gasteiger partial charge on any atom is 0.320 e. The lowest BCUT2D eigenvalue weighted by Gasteiger charge is -2.12. The summed E-state index contributed by atoms with van der Waals surface area (Å²) in [6.45, 7) is 6.41. The largest absolute Gasteiger partial charge is 0.480 e. The average Bonchev–Trinajstić information content (AvgIpc) is 2.26. The van der Waals surface area contributed by atoms with E-state index >= 15 is 0 Å². The Morgan fingerprint density at radius 2 is 2.06 bits per heavy atom. The second-order valence-electron chi connectivity index (χ2n) is 4.02. The van der Waals surface area contributed by atoms with E-state index < -0.39 is 12.0 Å². The molecule has 1 heterocycles. The molecule has 18 heavy (non-hydrogen) atoms. The molecule has 1 aromatic heterocycles. The zero-order valence-corrected chi connectivity index (χ0v) is 11.8. The number of nitrogens with zero attached hydrogens (tertiary/aromatic N) is 2. The first-order chi connectivity index (χ1) is 8.52. The van der Waals surface area contributed by atoms with Crippen LogP contribution in [-0.4, -0.2) is 39.4 Å². The van der Waals surface area contributed by atoms with Crippen LogP contribution in [0.25, 0.3) is 0 Å². The maximum absolute atomic E-state index is 10.9. The van der Waals surface area contributed by atoms with Crippen LogP contribution in [0.3, 0.4) is 0 Å². The van der Waals surface area contributed by atoms with E-state index in [4.69, 9.17) is 5.11 Å². The molecule has 0 bridgehead atoms. The number of rotatable bonds is 7. The normalized spacial score (nSPS) is 12.4. The predicted molar refractivity (Wildman–Crippen MR) is 71.9 cm³/mol. The number of aryl methyl sites for hydroxylation is 2. The molecule has 0 aromatic carbocycles. The third kappa shape index (κ3) is 5.01. The minimum atomic E-state index is -0.807. The van der Waals surface area contributed by atoms with Crippen LogP contribution in [0.5, 0.6) is 0 Å². The molecule has 0 aliphatic carbocycles. The highest BCUT2D eigenvalue weighted by atomic mass is 32.2. The Labute approximate surface area is 111 Å². The lowest BCUT2D eigenvalue weighted by molar-refractivity contribution is -0.139. The van der Waals surface area contributed by atoms with Crippen molar-refractivity contribution in [3.05, 3.63) is 17.5 Å². The van der Waals surface area contributed by atoms with Crippen molar-refractivity contribution in [1.82, 2.24) is 15.3 Å². The molecule has 0 fully saturated rings. The van der Waals surface area contributed by atoms with E-state index in [0.29, 0.717) is 23.9 Å². The third-order valence-electron chi connectivity index (χ3n) is 2.35. The first-order valence-electron chi connectivity index (χ1n) is 5.94. The quantitative estimate of drug-likeness (QED) is 0.579. The zero-order chi connectivity index (χ0) is 13.5. The summed E-state index contributed by atoms with van der Waals surface area (Å²) in [5.74, 6) is -0.119. The molecule has 2 N–H and O–H groups in total. The Morgan fingerprint density at radius 1 is 1.44 bits per heavy atom. The second-order valence-corrected chi connectivity index (χ2v) is 5.08. The van der Waals surface area contributed by atoms with Gasteiger partial charge in [-0.1, -0.05) is 18.7 Å². The van der Waals surface area contributed by atoms with Crippen molar-refractivity contribution >= 4 is 17.7 Å². The lowest BCUT2D eigenvalue weighted by atomic mass is 10.2. The van der Waals surface area contributed by atoms with Gasteiger partial charge in [0.25, 0.3) is 0 Å². The molecule has 0 aliphatic rings. The van der Waals surface area contributed by atoms with E-state index in [2.05, 4.69) is 15.3 Å². The molecule has 1 unspecified atom stereocenters. The van der Waals surface area contributed by atoms with Gasteiger partial charge in [0.05, 0.1) is 0 Å². The van der Waals surface area contributed by atoms with Crippen LogP contribution in [0.1, 0.15) is 24.7 Å². The van der Waals surface area contributed by atoms with Gasteiger partial charge < -0.3 is 10.4 Å². The van der Waals surface area contributed by atoms with Crippen molar-refractivity contribution in [3.8, 4) is 0 Å². The van der Waals surface area contributed by atoms with Gasteiger partial charge in [0, 0.05) is 17.1 Å². The first-order valence-corrected chi connectivity index (χ1v) is 6.92. The average molecular weight is 269 g/mol. The molecule has 100 valence electrons. The molecule has 0 radical (unpaired) electrons. The zero-order valence-electron chi connectivity index (χ0n) is 10.9. The fraction of sp³-hybridized carbons (Fsp3) is 0.583. The Morgan fingerprint density at radius 3 is 2.56 bits per heavy atom. The molecule has 1 atom stereocenters. The number of aromatic nitrogens is 2. The summed E-state index contributed by atoms with van der Waals surface area (Å²) >= 11 is 1.49. The predicted octanol–water partition coefficient (Wildman–Crippen LogP) is 1.64. The lowest BCUT2D eigenvalue weighted by Crippen LogP contribution is -2.36. The van der Waals surface area contributed by atoms with Gasteiger partial charge in [-0.05, 0) is 32.9 Å². The molecule has 0 aliphatic heterocycles. The molecule has 1 aromatic rings. The number of hydrogen-bond donors (Lipinski definition) is 2. The Hall–Kier alpha value is -1.14. The number of carboxylic acid groups (broad SMARTS) is 1. The monoisotopic (exact) mass is 269 g/mol. The molecular formula is C12H19N3O2S. The van der Waals surface area contributed by atoms with Crippen LogP contribution in [-0.2, 0) is 4.79 Å². The van der Waals surface area contributed by atoms with Crippen LogP contribution in [0.15, 0.2) is 11.2 Å². The summed E-state index contributed by atoms with van der Waals surface area (Å²) < 4.78 is 0. The number of carbonyl (C=O) groups is 1. The van der Waals surface area contributed by atoms with Crippen molar-refractivity contribution in [2.24, 2.45) is 0 Å². The van der Waals surface area contributed by atoms with Gasteiger partial charge in [-0.3, -0.25) is 4.79 Å². The highest BCUT2D eigenvalue weighted by Crippen LogP contribution is 2.15. The van der Waals surface area contributed by atoms with Crippen molar-refractivity contribution in [3.63, 3.8) is 0 Å². The van der Waals surface area contributed by atoms with E-state index in [-0.39, 0.29) is 0 Å². The molecular weight excluding hydrogens is 250 g/mol. The van der Waals surface area contributed by atoms with E-state index in [1.807, 2.05) is 26.8 Å². The molecule has 0 saturated carbocycles. The first kappa shape index (κ1) is 14.9. The number of hydrogen-bond acceptors (Lipinski definition) is 5. The topological polar surface area (TPSA) is 75.1 Å². The van der Waals surface area contributed by atoms with Gasteiger partial charge in [-0.25, -0.2) is 9.97 Å². The van der Waals surface area contributed by atoms with Crippen molar-refractivity contribution in [1.29, 1.82) is 0 Å². The van der Waals surface area contributed by atoms with Crippen molar-refractivity contribution in [2.45, 2.75) is 38.4 Å². The van der Waals surface area contributed by atoms with Gasteiger partial charge in [-0.2, -0.15) is 0 Å². The Kier molecular flexibility index (Phi) is 6.07. The number of likely N-dealkylation sites (N-methyl/N-ethyl adjacent to an activating group) is 1. The fourth-order valence-electron chi connectivity index (χ4n) is 1.59. The summed E-state index contributed by atoms with van der Waals surface area (Å²) in [7, 11) is 0. The number of aliphatic carboxylic acids is 1. The van der Waals surface area contributed by atoms with Crippen LogP contribution in [0.2, 0.25) is 0 Å². The highest BCUT2D eigenvalue weighted by Gasteiger charge is 2.15. The van der Waals surface area contributed by atoms with Gasteiger partial charge in [-0.15, -0.1) is 0 Å². The Balaban J connectivity index is 2.47.